The Kier molecular flexibility index (Phi) is 4.26. The molecule has 4 heterocycles. The topological polar surface area (TPSA) is 93.2 Å². The number of nitrogens with two attached hydrogens (primary N) is 1. The average Bonchev–Trinajstić information content (AvgIpc) is 3.02. The van der Waals surface area contributed by atoms with E-state index >= 15 is 0 Å². The van der Waals surface area contributed by atoms with Crippen LogP contribution in [0.15, 0.2) is 29.8 Å². The molecule has 136 valence electrons. The molecule has 0 aromatic carbocycles. The summed E-state index contributed by atoms with van der Waals surface area (Å²) in [5.41, 5.74) is 7.36. The highest BCUT2D eigenvalue weighted by molar-refractivity contribution is 8.14. The van der Waals surface area contributed by atoms with Crippen molar-refractivity contribution in [2.45, 2.75) is 24.5 Å². The Morgan fingerprint density at radius 3 is 2.88 bits per heavy atom. The molecule has 4 rings (SSSR count). The van der Waals surface area contributed by atoms with Crippen molar-refractivity contribution in [2.24, 2.45) is 16.6 Å². The number of aromatic nitrogens is 4. The first-order valence-corrected chi connectivity index (χ1v) is 9.34. The van der Waals surface area contributed by atoms with Gasteiger partial charge in [0.15, 0.2) is 11.0 Å². The molecule has 2 aliphatic rings. The predicted molar refractivity (Wildman–Crippen MR) is 99.6 cm³/mol. The standard InChI is InChI=1S/C17H20FN7S/c1-10(2)14-12(18)6-23-16(24-14)25-8-11-5-22-15(19)26-17(11,9-25)13-7-20-3-4-21-13/h3-4,6-7,10-11H,5,8-9H2,1-2H3,(H2,19,22). The molecule has 0 bridgehead atoms. The number of aliphatic imine (C=N–C) groups is 1. The van der Waals surface area contributed by atoms with Gasteiger partial charge in [-0.3, -0.25) is 15.0 Å². The second-order valence-corrected chi connectivity index (χ2v) is 8.25. The van der Waals surface area contributed by atoms with E-state index in [4.69, 9.17) is 5.73 Å². The molecule has 0 aliphatic carbocycles. The molecular weight excluding hydrogens is 353 g/mol. The van der Waals surface area contributed by atoms with E-state index in [1.165, 1.54) is 18.0 Å². The van der Waals surface area contributed by atoms with Gasteiger partial charge in [0.25, 0.3) is 0 Å². The van der Waals surface area contributed by atoms with Gasteiger partial charge in [0.2, 0.25) is 5.95 Å². The van der Waals surface area contributed by atoms with Gasteiger partial charge in [0, 0.05) is 44.1 Å². The minimum absolute atomic E-state index is 0.0102. The van der Waals surface area contributed by atoms with Crippen molar-refractivity contribution in [2.75, 3.05) is 24.5 Å². The fourth-order valence-corrected chi connectivity index (χ4v) is 4.83. The summed E-state index contributed by atoms with van der Waals surface area (Å²) in [5, 5.41) is 0.552. The van der Waals surface area contributed by atoms with Crippen LogP contribution in [0.4, 0.5) is 10.3 Å². The summed E-state index contributed by atoms with van der Waals surface area (Å²) in [6, 6.07) is 0. The van der Waals surface area contributed by atoms with E-state index in [-0.39, 0.29) is 22.4 Å². The molecule has 2 atom stereocenters. The van der Waals surface area contributed by atoms with E-state index in [1.807, 2.05) is 13.8 Å². The van der Waals surface area contributed by atoms with Gasteiger partial charge in [-0.25, -0.2) is 14.4 Å². The summed E-state index contributed by atoms with van der Waals surface area (Å²) in [6.45, 7) is 5.79. The molecule has 0 radical (unpaired) electrons. The van der Waals surface area contributed by atoms with Gasteiger partial charge >= 0.3 is 0 Å². The van der Waals surface area contributed by atoms with Crippen molar-refractivity contribution < 1.29 is 4.39 Å². The molecule has 2 unspecified atom stereocenters. The first-order chi connectivity index (χ1) is 12.5. The number of halogens is 1. The van der Waals surface area contributed by atoms with Gasteiger partial charge < -0.3 is 10.6 Å². The quantitative estimate of drug-likeness (QED) is 0.878. The SMILES string of the molecule is CC(C)c1nc(N2CC3CN=C(N)SC3(c3cnccn3)C2)ncc1F. The Labute approximate surface area is 155 Å². The molecule has 2 aromatic heterocycles. The first kappa shape index (κ1) is 17.1. The molecule has 2 N–H and O–H groups in total. The summed E-state index contributed by atoms with van der Waals surface area (Å²) < 4.78 is 13.6. The summed E-state index contributed by atoms with van der Waals surface area (Å²) in [6.07, 6.45) is 6.39. The van der Waals surface area contributed by atoms with Gasteiger partial charge in [-0.15, -0.1) is 0 Å². The monoisotopic (exact) mass is 373 g/mol. The minimum atomic E-state index is -0.369. The molecule has 9 heteroatoms. The Morgan fingerprint density at radius 2 is 2.15 bits per heavy atom. The minimum Gasteiger partial charge on any atom is -0.379 e. The third-order valence-corrected chi connectivity index (χ3v) is 6.24. The van der Waals surface area contributed by atoms with Crippen molar-refractivity contribution in [3.05, 3.63) is 42.0 Å². The Balaban J connectivity index is 1.72. The van der Waals surface area contributed by atoms with Crippen LogP contribution in [0.1, 0.15) is 31.2 Å². The van der Waals surface area contributed by atoms with Gasteiger partial charge in [0.05, 0.1) is 22.3 Å². The molecular formula is C17H20FN7S. The van der Waals surface area contributed by atoms with Crippen LogP contribution in [-0.4, -0.2) is 44.7 Å². The number of rotatable bonds is 3. The molecule has 0 amide bonds. The number of hydrogen-bond acceptors (Lipinski definition) is 8. The smallest absolute Gasteiger partial charge is 0.225 e. The number of anilines is 1. The van der Waals surface area contributed by atoms with Crippen LogP contribution < -0.4 is 10.6 Å². The number of nitrogens with zero attached hydrogens (tertiary/aromatic N) is 6. The van der Waals surface area contributed by atoms with Crippen molar-refractivity contribution in [3.63, 3.8) is 0 Å². The van der Waals surface area contributed by atoms with Crippen molar-refractivity contribution in [1.82, 2.24) is 19.9 Å². The number of thioether (sulfide) groups is 1. The van der Waals surface area contributed by atoms with E-state index in [0.717, 1.165) is 5.69 Å². The van der Waals surface area contributed by atoms with Crippen molar-refractivity contribution in [3.8, 4) is 0 Å². The van der Waals surface area contributed by atoms with E-state index in [0.29, 0.717) is 36.4 Å². The van der Waals surface area contributed by atoms with Crippen LogP contribution in [0.5, 0.6) is 0 Å². The zero-order valence-electron chi connectivity index (χ0n) is 14.6. The molecule has 2 aromatic rings. The van der Waals surface area contributed by atoms with Crippen LogP contribution in [0, 0.1) is 11.7 Å². The van der Waals surface area contributed by atoms with E-state index in [1.54, 1.807) is 18.6 Å². The third-order valence-electron chi connectivity index (χ3n) is 4.87. The number of hydrogen-bond donors (Lipinski definition) is 1. The van der Waals surface area contributed by atoms with E-state index in [2.05, 4.69) is 29.8 Å². The first-order valence-electron chi connectivity index (χ1n) is 8.52. The van der Waals surface area contributed by atoms with Crippen LogP contribution in [0.2, 0.25) is 0 Å². The maximum atomic E-state index is 14.0. The van der Waals surface area contributed by atoms with Crippen LogP contribution in [0.25, 0.3) is 0 Å². The van der Waals surface area contributed by atoms with Crippen molar-refractivity contribution >= 4 is 22.9 Å². The summed E-state index contributed by atoms with van der Waals surface area (Å²) in [4.78, 5) is 24.0. The molecule has 2 aliphatic heterocycles. The summed E-state index contributed by atoms with van der Waals surface area (Å²) >= 11 is 1.52. The third kappa shape index (κ3) is 2.80. The lowest BCUT2D eigenvalue weighted by atomic mass is 9.91. The van der Waals surface area contributed by atoms with E-state index in [9.17, 15) is 4.39 Å². The summed E-state index contributed by atoms with van der Waals surface area (Å²) in [5.74, 6) is 0.356. The van der Waals surface area contributed by atoms with Crippen molar-refractivity contribution in [1.29, 1.82) is 0 Å². The highest BCUT2D eigenvalue weighted by atomic mass is 32.2. The Bertz CT molecular complexity index is 844. The summed E-state index contributed by atoms with van der Waals surface area (Å²) in [7, 11) is 0. The Hall–Kier alpha value is -2.29. The molecule has 7 nitrogen and oxygen atoms in total. The lowest BCUT2D eigenvalue weighted by molar-refractivity contribution is 0.476. The number of fused-ring (bicyclic) bond motifs is 1. The highest BCUT2D eigenvalue weighted by Gasteiger charge is 2.52. The lowest BCUT2D eigenvalue weighted by Crippen LogP contribution is -2.40. The van der Waals surface area contributed by atoms with Gasteiger partial charge in [-0.2, -0.15) is 0 Å². The maximum Gasteiger partial charge on any atom is 0.225 e. The largest absolute Gasteiger partial charge is 0.379 e. The van der Waals surface area contributed by atoms with E-state index < -0.39 is 0 Å². The average molecular weight is 373 g/mol. The normalized spacial score (nSPS) is 25.3. The second-order valence-electron chi connectivity index (χ2n) is 6.90. The fourth-order valence-electron chi connectivity index (χ4n) is 3.57. The molecule has 1 fully saturated rings. The van der Waals surface area contributed by atoms with Crippen LogP contribution in [-0.2, 0) is 4.75 Å². The van der Waals surface area contributed by atoms with Gasteiger partial charge in [-0.1, -0.05) is 25.6 Å². The molecule has 26 heavy (non-hydrogen) atoms. The lowest BCUT2D eigenvalue weighted by Gasteiger charge is -2.34. The van der Waals surface area contributed by atoms with Gasteiger partial charge in [0.1, 0.15) is 0 Å². The maximum absolute atomic E-state index is 14.0. The van der Waals surface area contributed by atoms with Crippen LogP contribution >= 0.6 is 11.8 Å². The molecule has 1 saturated heterocycles. The fraction of sp³-hybridized carbons (Fsp3) is 0.471. The molecule has 0 spiro atoms. The Morgan fingerprint density at radius 1 is 1.31 bits per heavy atom. The van der Waals surface area contributed by atoms with Crippen LogP contribution in [0.3, 0.4) is 0 Å². The number of amidine groups is 1. The highest BCUT2D eigenvalue weighted by Crippen LogP contribution is 2.50. The zero-order valence-corrected chi connectivity index (χ0v) is 15.4. The van der Waals surface area contributed by atoms with Gasteiger partial charge in [-0.05, 0) is 5.92 Å². The zero-order chi connectivity index (χ0) is 18.3. The predicted octanol–water partition coefficient (Wildman–Crippen LogP) is 1.92. The second kappa shape index (κ2) is 6.46. The molecule has 0 saturated carbocycles.